The largest absolute Gasteiger partial charge is 0.345 e. The molecule has 1 heterocycles. The number of anilines is 1. The fourth-order valence-electron chi connectivity index (χ4n) is 2.67. The number of pyridine rings is 1. The van der Waals surface area contributed by atoms with E-state index in [1.165, 1.54) is 12.6 Å². The van der Waals surface area contributed by atoms with Crippen LogP contribution in [-0.4, -0.2) is 28.9 Å². The average Bonchev–Trinajstić information content (AvgIpc) is 2.57. The van der Waals surface area contributed by atoms with Crippen molar-refractivity contribution in [3.63, 3.8) is 0 Å². The fraction of sp³-hybridized carbons (Fsp3) is 0.471. The summed E-state index contributed by atoms with van der Waals surface area (Å²) in [7, 11) is 1.79. The lowest BCUT2D eigenvalue weighted by Crippen LogP contribution is -2.39. The molecule has 1 aliphatic rings. The van der Waals surface area contributed by atoms with Gasteiger partial charge < -0.3 is 10.2 Å². The molecule has 2 rings (SSSR count). The summed E-state index contributed by atoms with van der Waals surface area (Å²) >= 11 is 0. The third kappa shape index (κ3) is 4.08. The smallest absolute Gasteiger partial charge is 0.266 e. The van der Waals surface area contributed by atoms with Crippen LogP contribution in [0.15, 0.2) is 30.1 Å². The minimum Gasteiger partial charge on any atom is -0.345 e. The number of likely N-dealkylation sites (N-methyl/N-ethyl adjacent to an activating group) is 1. The number of nitrogens with one attached hydrogen (secondary N) is 1. The second-order valence-corrected chi connectivity index (χ2v) is 5.74. The predicted octanol–water partition coefficient (Wildman–Crippen LogP) is 3.00. The van der Waals surface area contributed by atoms with Gasteiger partial charge in [0, 0.05) is 25.5 Å². The summed E-state index contributed by atoms with van der Waals surface area (Å²) in [5, 5.41) is 12.2. The summed E-state index contributed by atoms with van der Waals surface area (Å²) < 4.78 is 0. The van der Waals surface area contributed by atoms with Crippen molar-refractivity contribution in [2.45, 2.75) is 45.1 Å². The minimum atomic E-state index is -0.228. The minimum absolute atomic E-state index is 0.107. The predicted molar refractivity (Wildman–Crippen MR) is 85.9 cm³/mol. The van der Waals surface area contributed by atoms with E-state index in [1.54, 1.807) is 18.1 Å². The highest BCUT2D eigenvalue weighted by Crippen LogP contribution is 2.22. The van der Waals surface area contributed by atoms with Crippen molar-refractivity contribution in [2.24, 2.45) is 0 Å². The van der Waals surface area contributed by atoms with Crippen LogP contribution < -0.4 is 5.32 Å². The van der Waals surface area contributed by atoms with E-state index in [4.69, 9.17) is 0 Å². The Balaban J connectivity index is 2.03. The number of rotatable bonds is 4. The Morgan fingerprint density at radius 2 is 2.14 bits per heavy atom. The first kappa shape index (κ1) is 16.0. The molecule has 0 aliphatic heterocycles. The maximum absolute atomic E-state index is 12.4. The average molecular weight is 298 g/mol. The van der Waals surface area contributed by atoms with Gasteiger partial charge in [-0.1, -0.05) is 25.3 Å². The molecule has 0 aromatic carbocycles. The third-order valence-electron chi connectivity index (χ3n) is 4.07. The van der Waals surface area contributed by atoms with Gasteiger partial charge in [-0.2, -0.15) is 5.26 Å². The fourth-order valence-corrected chi connectivity index (χ4v) is 2.67. The number of aryl methyl sites for hydroxylation is 1. The topological polar surface area (TPSA) is 69.0 Å². The molecule has 5 heteroatoms. The van der Waals surface area contributed by atoms with Crippen LogP contribution in [0.3, 0.4) is 0 Å². The molecular formula is C17H22N4O. The van der Waals surface area contributed by atoms with Crippen molar-refractivity contribution < 1.29 is 4.79 Å². The Hall–Kier alpha value is -2.35. The molecule has 1 aromatic heterocycles. The van der Waals surface area contributed by atoms with Gasteiger partial charge in [0.15, 0.2) is 0 Å². The van der Waals surface area contributed by atoms with Crippen LogP contribution in [0.1, 0.15) is 37.7 Å². The molecule has 0 bridgehead atoms. The lowest BCUT2D eigenvalue weighted by atomic mass is 9.94. The lowest BCUT2D eigenvalue weighted by Gasteiger charge is -2.31. The summed E-state index contributed by atoms with van der Waals surface area (Å²) in [5.74, 6) is 0.389. The zero-order chi connectivity index (χ0) is 15.9. The van der Waals surface area contributed by atoms with E-state index in [2.05, 4.69) is 10.3 Å². The first-order chi connectivity index (χ1) is 10.6. The van der Waals surface area contributed by atoms with Crippen molar-refractivity contribution >= 4 is 11.7 Å². The Morgan fingerprint density at radius 3 is 2.73 bits per heavy atom. The molecule has 1 N–H and O–H groups in total. The second-order valence-electron chi connectivity index (χ2n) is 5.74. The molecule has 0 spiro atoms. The number of nitriles is 1. The van der Waals surface area contributed by atoms with Crippen LogP contribution in [0, 0.1) is 18.3 Å². The van der Waals surface area contributed by atoms with Crippen LogP contribution in [-0.2, 0) is 4.79 Å². The maximum atomic E-state index is 12.4. The Bertz CT molecular complexity index is 580. The molecule has 0 radical (unpaired) electrons. The van der Waals surface area contributed by atoms with Gasteiger partial charge in [-0.25, -0.2) is 4.98 Å². The summed E-state index contributed by atoms with van der Waals surface area (Å²) in [6.45, 7) is 1.95. The first-order valence-electron chi connectivity index (χ1n) is 7.68. The zero-order valence-electron chi connectivity index (χ0n) is 13.2. The monoisotopic (exact) mass is 298 g/mol. The third-order valence-corrected chi connectivity index (χ3v) is 4.07. The van der Waals surface area contributed by atoms with Gasteiger partial charge in [0.1, 0.15) is 17.5 Å². The molecule has 5 nitrogen and oxygen atoms in total. The molecule has 116 valence electrons. The van der Waals surface area contributed by atoms with Crippen LogP contribution in [0.25, 0.3) is 0 Å². The van der Waals surface area contributed by atoms with Gasteiger partial charge in [0.25, 0.3) is 5.91 Å². The molecular weight excluding hydrogens is 276 g/mol. The highest BCUT2D eigenvalue weighted by Gasteiger charge is 2.24. The highest BCUT2D eigenvalue weighted by molar-refractivity contribution is 5.97. The molecule has 1 saturated carbocycles. The quantitative estimate of drug-likeness (QED) is 0.685. The highest BCUT2D eigenvalue weighted by atomic mass is 16.2. The first-order valence-corrected chi connectivity index (χ1v) is 7.68. The van der Waals surface area contributed by atoms with Gasteiger partial charge in [0.2, 0.25) is 0 Å². The Labute approximate surface area is 131 Å². The SMILES string of the molecule is Cc1ccc(N/C=C(/C#N)C(=O)N(C)C2CCCCC2)nc1. The molecule has 0 atom stereocenters. The molecule has 22 heavy (non-hydrogen) atoms. The van der Waals surface area contributed by atoms with E-state index in [-0.39, 0.29) is 17.5 Å². The molecule has 1 fully saturated rings. The zero-order valence-corrected chi connectivity index (χ0v) is 13.2. The van der Waals surface area contributed by atoms with Crippen LogP contribution in [0.4, 0.5) is 5.82 Å². The van der Waals surface area contributed by atoms with E-state index in [0.717, 1.165) is 31.2 Å². The van der Waals surface area contributed by atoms with E-state index >= 15 is 0 Å². The van der Waals surface area contributed by atoms with Crippen molar-refractivity contribution in [1.29, 1.82) is 5.26 Å². The van der Waals surface area contributed by atoms with Crippen LogP contribution in [0.2, 0.25) is 0 Å². The van der Waals surface area contributed by atoms with E-state index < -0.39 is 0 Å². The maximum Gasteiger partial charge on any atom is 0.266 e. The molecule has 0 saturated heterocycles. The van der Waals surface area contributed by atoms with Crippen LogP contribution >= 0.6 is 0 Å². The molecule has 1 aromatic rings. The number of nitrogens with zero attached hydrogens (tertiary/aromatic N) is 3. The van der Waals surface area contributed by atoms with Gasteiger partial charge in [-0.05, 0) is 31.4 Å². The number of carbonyl (C=O) groups is 1. The molecule has 0 unspecified atom stereocenters. The van der Waals surface area contributed by atoms with E-state index in [0.29, 0.717) is 5.82 Å². The summed E-state index contributed by atoms with van der Waals surface area (Å²) in [4.78, 5) is 18.3. The van der Waals surface area contributed by atoms with Crippen molar-refractivity contribution in [1.82, 2.24) is 9.88 Å². The van der Waals surface area contributed by atoms with E-state index in [1.807, 2.05) is 25.1 Å². The van der Waals surface area contributed by atoms with Gasteiger partial charge in [-0.3, -0.25) is 4.79 Å². The number of carbonyl (C=O) groups excluding carboxylic acids is 1. The van der Waals surface area contributed by atoms with E-state index in [9.17, 15) is 10.1 Å². The standard InChI is InChI=1S/C17H22N4O/c1-13-8-9-16(19-11-13)20-12-14(10-18)17(22)21(2)15-6-4-3-5-7-15/h8-9,11-12,15H,3-7H2,1-2H3,(H,19,20)/b14-12-. The van der Waals surface area contributed by atoms with Gasteiger partial charge >= 0.3 is 0 Å². The van der Waals surface area contributed by atoms with Crippen molar-refractivity contribution in [3.8, 4) is 6.07 Å². The van der Waals surface area contributed by atoms with Crippen LogP contribution in [0.5, 0.6) is 0 Å². The number of hydrogen-bond acceptors (Lipinski definition) is 4. The lowest BCUT2D eigenvalue weighted by molar-refractivity contribution is -0.128. The number of hydrogen-bond donors (Lipinski definition) is 1. The normalized spacial score (nSPS) is 16.0. The second kappa shape index (κ2) is 7.60. The summed E-state index contributed by atoms with van der Waals surface area (Å²) in [6, 6.07) is 5.97. The Kier molecular flexibility index (Phi) is 5.54. The summed E-state index contributed by atoms with van der Waals surface area (Å²) in [6.07, 6.45) is 8.76. The molecule has 1 aliphatic carbocycles. The number of amides is 1. The summed E-state index contributed by atoms with van der Waals surface area (Å²) in [5.41, 5.74) is 1.17. The van der Waals surface area contributed by atoms with Gasteiger partial charge in [-0.15, -0.1) is 0 Å². The van der Waals surface area contributed by atoms with Gasteiger partial charge in [0.05, 0.1) is 0 Å². The van der Waals surface area contributed by atoms with Crippen molar-refractivity contribution in [3.05, 3.63) is 35.7 Å². The Morgan fingerprint density at radius 1 is 1.41 bits per heavy atom. The molecule has 1 amide bonds. The van der Waals surface area contributed by atoms with Crippen molar-refractivity contribution in [2.75, 3.05) is 12.4 Å². The number of aromatic nitrogens is 1.